The number of hydrogen-bond donors (Lipinski definition) is 1. The molecule has 0 bridgehead atoms. The van der Waals surface area contributed by atoms with E-state index in [2.05, 4.69) is 15.5 Å². The Morgan fingerprint density at radius 2 is 2.36 bits per heavy atom. The number of thioether (sulfide) groups is 1. The number of nitrogens with one attached hydrogen (secondary N) is 1. The second-order valence-corrected chi connectivity index (χ2v) is 2.78. The molecule has 0 spiro atoms. The zero-order chi connectivity index (χ0) is 8.10. The molecule has 1 N–H and O–H groups in total. The largest absolute Gasteiger partial charge is 0.416 e. The molecule has 0 radical (unpaired) electrons. The second-order valence-electron chi connectivity index (χ2n) is 2.02. The maximum absolute atomic E-state index is 5.24. The van der Waals surface area contributed by atoms with Crippen LogP contribution in [-0.2, 0) is 6.42 Å². The molecule has 0 atom stereocenters. The Morgan fingerprint density at radius 1 is 1.55 bits per heavy atom. The van der Waals surface area contributed by atoms with Crippen LogP contribution < -0.4 is 5.32 Å². The van der Waals surface area contributed by atoms with Crippen molar-refractivity contribution in [3.63, 3.8) is 0 Å². The third-order valence-electron chi connectivity index (χ3n) is 1.21. The van der Waals surface area contributed by atoms with Crippen LogP contribution in [0.2, 0.25) is 0 Å². The van der Waals surface area contributed by atoms with Crippen LogP contribution in [0.15, 0.2) is 9.64 Å². The monoisotopic (exact) mass is 173 g/mol. The number of nitrogens with zero attached hydrogens (tertiary/aromatic N) is 2. The average Bonchev–Trinajstić information content (AvgIpc) is 2.48. The third-order valence-corrected chi connectivity index (χ3v) is 1.73. The van der Waals surface area contributed by atoms with Gasteiger partial charge in [0.2, 0.25) is 5.89 Å². The number of likely N-dealkylation sites (N-methyl/N-ethyl adjacent to an activating group) is 1. The van der Waals surface area contributed by atoms with Crippen LogP contribution in [0, 0.1) is 0 Å². The lowest BCUT2D eigenvalue weighted by Crippen LogP contribution is -2.10. The van der Waals surface area contributed by atoms with Crippen molar-refractivity contribution in [2.75, 3.05) is 19.8 Å². The van der Waals surface area contributed by atoms with Gasteiger partial charge in [0.1, 0.15) is 0 Å². The Bertz CT molecular complexity index is 213. The zero-order valence-corrected chi connectivity index (χ0v) is 7.44. The summed E-state index contributed by atoms with van der Waals surface area (Å²) in [6.45, 7) is 0.871. The Kier molecular flexibility index (Phi) is 3.38. The van der Waals surface area contributed by atoms with Gasteiger partial charge in [-0.1, -0.05) is 11.8 Å². The molecule has 0 aliphatic carbocycles. The van der Waals surface area contributed by atoms with Gasteiger partial charge in [0, 0.05) is 13.0 Å². The maximum atomic E-state index is 5.24. The smallest absolute Gasteiger partial charge is 0.276 e. The predicted molar refractivity (Wildman–Crippen MR) is 43.7 cm³/mol. The summed E-state index contributed by atoms with van der Waals surface area (Å²) >= 11 is 1.46. The minimum absolute atomic E-state index is 0.635. The molecule has 62 valence electrons. The van der Waals surface area contributed by atoms with E-state index in [-0.39, 0.29) is 0 Å². The molecule has 1 heterocycles. The molecule has 0 aliphatic rings. The van der Waals surface area contributed by atoms with Crippen molar-refractivity contribution in [3.8, 4) is 0 Å². The first kappa shape index (κ1) is 8.55. The third kappa shape index (κ3) is 2.51. The number of rotatable bonds is 4. The van der Waals surface area contributed by atoms with Crippen molar-refractivity contribution in [2.24, 2.45) is 0 Å². The highest BCUT2D eigenvalue weighted by Gasteiger charge is 2.02. The summed E-state index contributed by atoms with van der Waals surface area (Å²) in [5.74, 6) is 0.698. The molecular weight excluding hydrogens is 162 g/mol. The first-order valence-corrected chi connectivity index (χ1v) is 4.60. The lowest BCUT2D eigenvalue weighted by molar-refractivity contribution is 0.411. The fourth-order valence-corrected chi connectivity index (χ4v) is 0.956. The van der Waals surface area contributed by atoms with E-state index in [4.69, 9.17) is 4.42 Å². The Morgan fingerprint density at radius 3 is 2.91 bits per heavy atom. The fraction of sp³-hybridized carbons (Fsp3) is 0.667. The quantitative estimate of drug-likeness (QED) is 0.674. The maximum Gasteiger partial charge on any atom is 0.276 e. The molecule has 1 rings (SSSR count). The van der Waals surface area contributed by atoms with E-state index in [0.717, 1.165) is 13.0 Å². The van der Waals surface area contributed by atoms with Gasteiger partial charge in [0.05, 0.1) is 0 Å². The van der Waals surface area contributed by atoms with E-state index in [9.17, 15) is 0 Å². The minimum atomic E-state index is 0.635. The standard InChI is InChI=1S/C6H11N3OS/c1-7-4-3-5-8-9-6(10-5)11-2/h7H,3-4H2,1-2H3. The molecule has 1 aromatic heterocycles. The van der Waals surface area contributed by atoms with Gasteiger partial charge in [-0.25, -0.2) is 0 Å². The summed E-state index contributed by atoms with van der Waals surface area (Å²) in [6, 6.07) is 0. The van der Waals surface area contributed by atoms with Crippen LogP contribution in [0.5, 0.6) is 0 Å². The van der Waals surface area contributed by atoms with Crippen LogP contribution in [-0.4, -0.2) is 30.0 Å². The first-order valence-electron chi connectivity index (χ1n) is 3.37. The van der Waals surface area contributed by atoms with Crippen molar-refractivity contribution in [1.29, 1.82) is 0 Å². The molecule has 0 aromatic carbocycles. The Hall–Kier alpha value is -0.550. The summed E-state index contributed by atoms with van der Waals surface area (Å²) in [6.07, 6.45) is 2.71. The summed E-state index contributed by atoms with van der Waals surface area (Å²) in [5.41, 5.74) is 0. The molecule has 4 nitrogen and oxygen atoms in total. The van der Waals surface area contributed by atoms with Gasteiger partial charge in [0.15, 0.2) is 0 Å². The zero-order valence-electron chi connectivity index (χ0n) is 6.63. The number of hydrogen-bond acceptors (Lipinski definition) is 5. The van der Waals surface area contributed by atoms with Gasteiger partial charge in [0.25, 0.3) is 5.22 Å². The molecule has 0 saturated carbocycles. The lowest BCUT2D eigenvalue weighted by atomic mass is 10.4. The Balaban J connectivity index is 2.44. The van der Waals surface area contributed by atoms with Gasteiger partial charge in [-0.2, -0.15) is 0 Å². The normalized spacial score (nSPS) is 10.4. The summed E-state index contributed by atoms with van der Waals surface area (Å²) in [4.78, 5) is 0. The highest BCUT2D eigenvalue weighted by atomic mass is 32.2. The fourth-order valence-electron chi connectivity index (χ4n) is 0.654. The van der Waals surface area contributed by atoms with Crippen LogP contribution in [0.1, 0.15) is 5.89 Å². The molecule has 5 heteroatoms. The van der Waals surface area contributed by atoms with Crippen molar-refractivity contribution in [2.45, 2.75) is 11.6 Å². The van der Waals surface area contributed by atoms with Crippen molar-refractivity contribution in [1.82, 2.24) is 15.5 Å². The van der Waals surface area contributed by atoms with E-state index in [1.165, 1.54) is 11.8 Å². The van der Waals surface area contributed by atoms with E-state index in [1.54, 1.807) is 0 Å². The highest BCUT2D eigenvalue weighted by molar-refractivity contribution is 7.98. The van der Waals surface area contributed by atoms with Crippen molar-refractivity contribution >= 4 is 11.8 Å². The van der Waals surface area contributed by atoms with Crippen LogP contribution in [0.4, 0.5) is 0 Å². The van der Waals surface area contributed by atoms with E-state index in [0.29, 0.717) is 11.1 Å². The van der Waals surface area contributed by atoms with E-state index in [1.807, 2.05) is 13.3 Å². The summed E-state index contributed by atoms with van der Waals surface area (Å²) < 4.78 is 5.24. The second kappa shape index (κ2) is 4.35. The molecule has 1 aromatic rings. The molecule has 0 aliphatic heterocycles. The molecular formula is C6H11N3OS. The van der Waals surface area contributed by atoms with Crippen LogP contribution >= 0.6 is 11.8 Å². The lowest BCUT2D eigenvalue weighted by Gasteiger charge is -1.91. The van der Waals surface area contributed by atoms with Crippen molar-refractivity contribution < 1.29 is 4.42 Å². The van der Waals surface area contributed by atoms with Crippen molar-refractivity contribution in [3.05, 3.63) is 5.89 Å². The molecule has 0 amide bonds. The first-order chi connectivity index (χ1) is 5.36. The van der Waals surface area contributed by atoms with E-state index >= 15 is 0 Å². The number of aromatic nitrogens is 2. The minimum Gasteiger partial charge on any atom is -0.416 e. The topological polar surface area (TPSA) is 51.0 Å². The van der Waals surface area contributed by atoms with Gasteiger partial charge in [-0.15, -0.1) is 10.2 Å². The van der Waals surface area contributed by atoms with Gasteiger partial charge in [-0.05, 0) is 13.3 Å². The molecule has 0 fully saturated rings. The van der Waals surface area contributed by atoms with Gasteiger partial charge >= 0.3 is 0 Å². The summed E-state index contributed by atoms with van der Waals surface area (Å²) in [7, 11) is 1.89. The molecule has 0 saturated heterocycles. The van der Waals surface area contributed by atoms with Gasteiger partial charge in [-0.3, -0.25) is 0 Å². The van der Waals surface area contributed by atoms with Crippen LogP contribution in [0.25, 0.3) is 0 Å². The molecule has 11 heavy (non-hydrogen) atoms. The molecule has 0 unspecified atom stereocenters. The van der Waals surface area contributed by atoms with Crippen LogP contribution in [0.3, 0.4) is 0 Å². The Labute approximate surface area is 69.8 Å². The highest BCUT2D eigenvalue weighted by Crippen LogP contribution is 2.11. The average molecular weight is 173 g/mol. The predicted octanol–water partition coefficient (Wildman–Crippen LogP) is 0.553. The SMILES string of the molecule is CNCCc1nnc(SC)o1. The van der Waals surface area contributed by atoms with Gasteiger partial charge < -0.3 is 9.73 Å². The van der Waals surface area contributed by atoms with E-state index < -0.39 is 0 Å². The summed E-state index contributed by atoms with van der Waals surface area (Å²) in [5, 5.41) is 11.3.